The van der Waals surface area contributed by atoms with Crippen molar-refractivity contribution in [3.05, 3.63) is 63.6 Å². The van der Waals surface area contributed by atoms with E-state index < -0.39 is 5.97 Å². The Morgan fingerprint density at radius 2 is 1.59 bits per heavy atom. The molecule has 0 spiro atoms. The van der Waals surface area contributed by atoms with E-state index in [0.717, 1.165) is 22.3 Å². The van der Waals surface area contributed by atoms with Crippen LogP contribution in [0, 0.1) is 0 Å². The van der Waals surface area contributed by atoms with Gasteiger partial charge in [0.1, 0.15) is 5.75 Å². The van der Waals surface area contributed by atoms with Crippen LogP contribution in [0.5, 0.6) is 5.75 Å². The third-order valence-electron chi connectivity index (χ3n) is 5.49. The van der Waals surface area contributed by atoms with E-state index in [1.165, 1.54) is 11.8 Å². The van der Waals surface area contributed by atoms with Gasteiger partial charge in [0.2, 0.25) is 0 Å². The van der Waals surface area contributed by atoms with Crippen molar-refractivity contribution in [1.82, 2.24) is 5.32 Å². The van der Waals surface area contributed by atoms with Crippen LogP contribution in [-0.2, 0) is 26.8 Å². The number of rotatable bonds is 5. The van der Waals surface area contributed by atoms with Crippen molar-refractivity contribution in [2.45, 2.75) is 65.2 Å². The molecule has 2 aromatic carbocycles. The average molecular weight is 481 g/mol. The summed E-state index contributed by atoms with van der Waals surface area (Å²) in [5, 5.41) is 23.0. The fourth-order valence-corrected chi connectivity index (χ4v) is 4.46. The topological polar surface area (TPSA) is 99.0 Å². The minimum atomic E-state index is -0.827. The molecule has 0 bridgehead atoms. The lowest BCUT2D eigenvalue weighted by Gasteiger charge is -2.28. The van der Waals surface area contributed by atoms with Crippen molar-refractivity contribution in [2.24, 2.45) is 4.99 Å². The van der Waals surface area contributed by atoms with Gasteiger partial charge in [0, 0.05) is 17.5 Å². The minimum Gasteiger partial charge on any atom is -0.507 e. The molecular formula is C27H32N2O4S. The van der Waals surface area contributed by atoms with Crippen LogP contribution >= 0.6 is 11.8 Å². The number of carbonyl (C=O) groups is 2. The fraction of sp³-hybridized carbons (Fsp3) is 0.370. The molecule has 1 saturated heterocycles. The molecule has 7 heteroatoms. The Morgan fingerprint density at radius 3 is 2.09 bits per heavy atom. The van der Waals surface area contributed by atoms with Gasteiger partial charge in [-0.2, -0.15) is 0 Å². The first-order valence-electron chi connectivity index (χ1n) is 11.2. The third kappa shape index (κ3) is 6.29. The molecule has 1 heterocycles. The molecule has 1 aliphatic heterocycles. The van der Waals surface area contributed by atoms with Crippen LogP contribution < -0.4 is 5.32 Å². The van der Waals surface area contributed by atoms with Crippen LogP contribution in [0.15, 0.2) is 46.3 Å². The molecular weight excluding hydrogens is 448 g/mol. The Balaban J connectivity index is 1.88. The molecule has 1 amide bonds. The van der Waals surface area contributed by atoms with Crippen LogP contribution in [0.3, 0.4) is 0 Å². The first-order valence-corrected chi connectivity index (χ1v) is 12.0. The van der Waals surface area contributed by atoms with Gasteiger partial charge in [-0.3, -0.25) is 9.59 Å². The molecule has 0 saturated carbocycles. The second-order valence-corrected chi connectivity index (χ2v) is 11.5. The summed E-state index contributed by atoms with van der Waals surface area (Å²) in [7, 11) is 0. The summed E-state index contributed by atoms with van der Waals surface area (Å²) in [4.78, 5) is 28.4. The fourth-order valence-electron chi connectivity index (χ4n) is 3.62. The number of aliphatic carboxylic acids is 1. The first-order chi connectivity index (χ1) is 15.7. The zero-order valence-electron chi connectivity index (χ0n) is 20.5. The Morgan fingerprint density at radius 1 is 1.03 bits per heavy atom. The summed E-state index contributed by atoms with van der Waals surface area (Å²) in [6.45, 7) is 12.3. The zero-order valence-corrected chi connectivity index (χ0v) is 21.3. The number of hydrogen-bond acceptors (Lipinski definition) is 5. The maximum absolute atomic E-state index is 12.6. The largest absolute Gasteiger partial charge is 0.507 e. The molecule has 6 nitrogen and oxygen atoms in total. The van der Waals surface area contributed by atoms with Crippen molar-refractivity contribution in [3.8, 4) is 5.75 Å². The number of phenols is 1. The molecule has 180 valence electrons. The maximum atomic E-state index is 12.6. The number of carbonyl (C=O) groups excluding carboxylic acids is 1. The minimum absolute atomic E-state index is 0.0824. The van der Waals surface area contributed by atoms with E-state index in [1.807, 2.05) is 42.5 Å². The third-order valence-corrected chi connectivity index (χ3v) is 6.40. The Bertz CT molecular complexity index is 1130. The standard InChI is InChI=1S/C27H32N2O4S/c1-26(2,3)19-13-17(14-20(23(19)32)27(4,5)6)15-21-24(33)29-25(34-21)28-18-10-7-16(8-11-18)9-12-22(30)31/h7-8,10-11,13-15,32H,9,12H2,1-6H3,(H,30,31)(H,28,29,33). The number of carboxylic acids is 1. The molecule has 1 aliphatic rings. The van der Waals surface area contributed by atoms with Crippen molar-refractivity contribution in [3.63, 3.8) is 0 Å². The second-order valence-electron chi connectivity index (χ2n) is 10.5. The highest BCUT2D eigenvalue weighted by Crippen LogP contribution is 2.40. The number of thioether (sulfide) groups is 1. The van der Waals surface area contributed by atoms with E-state index in [0.29, 0.717) is 27.9 Å². The maximum Gasteiger partial charge on any atom is 0.303 e. The van der Waals surface area contributed by atoms with E-state index in [2.05, 4.69) is 51.9 Å². The SMILES string of the molecule is CC(C)(C)c1cc(C=C2SC(=Nc3ccc(CCC(=O)O)cc3)NC2=O)cc(C(C)(C)C)c1O. The predicted molar refractivity (Wildman–Crippen MR) is 139 cm³/mol. The lowest BCUT2D eigenvalue weighted by molar-refractivity contribution is -0.137. The number of amidine groups is 1. The summed E-state index contributed by atoms with van der Waals surface area (Å²) in [5.41, 5.74) is 3.62. The van der Waals surface area contributed by atoms with Gasteiger partial charge >= 0.3 is 5.97 Å². The van der Waals surface area contributed by atoms with Crippen molar-refractivity contribution < 1.29 is 19.8 Å². The van der Waals surface area contributed by atoms with Gasteiger partial charge in [-0.05, 0) is 70.5 Å². The van der Waals surface area contributed by atoms with E-state index in [1.54, 1.807) is 0 Å². The van der Waals surface area contributed by atoms with Gasteiger partial charge in [-0.15, -0.1) is 0 Å². The van der Waals surface area contributed by atoms with Gasteiger partial charge < -0.3 is 15.5 Å². The molecule has 0 unspecified atom stereocenters. The van der Waals surface area contributed by atoms with Crippen LogP contribution in [0.4, 0.5) is 5.69 Å². The monoisotopic (exact) mass is 480 g/mol. The summed E-state index contributed by atoms with van der Waals surface area (Å²) in [6.07, 6.45) is 2.38. The van der Waals surface area contributed by atoms with Crippen molar-refractivity contribution >= 4 is 40.6 Å². The summed E-state index contributed by atoms with van der Waals surface area (Å²) in [5.74, 6) is -0.740. The summed E-state index contributed by atoms with van der Waals surface area (Å²) >= 11 is 1.27. The van der Waals surface area contributed by atoms with Crippen LogP contribution in [-0.4, -0.2) is 27.3 Å². The first kappa shape index (κ1) is 25.6. The Labute approximate surface area is 205 Å². The second kappa shape index (κ2) is 9.66. The Hall–Kier alpha value is -3.06. The number of nitrogens with zero attached hydrogens (tertiary/aromatic N) is 1. The summed E-state index contributed by atoms with van der Waals surface area (Å²) < 4.78 is 0. The molecule has 0 aliphatic carbocycles. The molecule has 0 radical (unpaired) electrons. The van der Waals surface area contributed by atoms with Crippen molar-refractivity contribution in [2.75, 3.05) is 0 Å². The lowest BCUT2D eigenvalue weighted by atomic mass is 9.78. The Kier molecular flexibility index (Phi) is 7.26. The number of aromatic hydroxyl groups is 1. The predicted octanol–water partition coefficient (Wildman–Crippen LogP) is 5.90. The molecule has 2 aromatic rings. The lowest BCUT2D eigenvalue weighted by Crippen LogP contribution is -2.19. The van der Waals surface area contributed by atoms with E-state index in [9.17, 15) is 14.7 Å². The number of carboxylic acid groups (broad SMARTS) is 1. The number of hydrogen-bond donors (Lipinski definition) is 3. The van der Waals surface area contributed by atoms with E-state index >= 15 is 0 Å². The highest BCUT2D eigenvalue weighted by Gasteiger charge is 2.28. The van der Waals surface area contributed by atoms with Gasteiger partial charge in [-0.25, -0.2) is 4.99 Å². The zero-order chi connectivity index (χ0) is 25.3. The van der Waals surface area contributed by atoms with Crippen LogP contribution in [0.25, 0.3) is 6.08 Å². The number of amides is 1. The van der Waals surface area contributed by atoms with Crippen molar-refractivity contribution in [1.29, 1.82) is 0 Å². The van der Waals surface area contributed by atoms with Crippen LogP contribution in [0.1, 0.15) is 70.2 Å². The number of benzene rings is 2. The van der Waals surface area contributed by atoms with Gasteiger partial charge in [0.15, 0.2) is 5.17 Å². The highest BCUT2D eigenvalue weighted by atomic mass is 32.2. The van der Waals surface area contributed by atoms with Crippen LogP contribution in [0.2, 0.25) is 0 Å². The van der Waals surface area contributed by atoms with Gasteiger partial charge in [0.25, 0.3) is 5.91 Å². The number of aryl methyl sites for hydroxylation is 1. The summed E-state index contributed by atoms with van der Waals surface area (Å²) in [6, 6.07) is 11.2. The molecule has 3 rings (SSSR count). The highest BCUT2D eigenvalue weighted by molar-refractivity contribution is 8.18. The smallest absolute Gasteiger partial charge is 0.303 e. The van der Waals surface area contributed by atoms with E-state index in [4.69, 9.17) is 5.11 Å². The molecule has 1 fully saturated rings. The molecule has 34 heavy (non-hydrogen) atoms. The van der Waals surface area contributed by atoms with Gasteiger partial charge in [-0.1, -0.05) is 53.7 Å². The number of nitrogens with one attached hydrogen (secondary N) is 1. The number of phenolic OH excluding ortho intramolecular Hbond substituents is 1. The van der Waals surface area contributed by atoms with E-state index in [-0.39, 0.29) is 23.2 Å². The normalized spacial score (nSPS) is 16.8. The molecule has 0 atom stereocenters. The van der Waals surface area contributed by atoms with Gasteiger partial charge in [0.05, 0.1) is 10.6 Å². The average Bonchev–Trinajstić information content (AvgIpc) is 3.05. The quantitative estimate of drug-likeness (QED) is 0.463. The number of aliphatic imine (C=N–C) groups is 1. The molecule has 0 aromatic heterocycles. The molecule has 3 N–H and O–H groups in total.